The van der Waals surface area contributed by atoms with Crippen molar-refractivity contribution >= 4 is 12.0 Å². The molecule has 0 bridgehead atoms. The second-order valence-corrected chi connectivity index (χ2v) is 3.77. The van der Waals surface area contributed by atoms with Gasteiger partial charge in [-0.3, -0.25) is 0 Å². The predicted octanol–water partition coefficient (Wildman–Crippen LogP) is 0.226. The van der Waals surface area contributed by atoms with Gasteiger partial charge in [-0.25, -0.2) is 4.79 Å². The first-order valence-corrected chi connectivity index (χ1v) is 5.50. The third-order valence-corrected chi connectivity index (χ3v) is 2.50. The number of hydrogen-bond donors (Lipinski definition) is 3. The van der Waals surface area contributed by atoms with Crippen molar-refractivity contribution in [3.63, 3.8) is 0 Å². The molecule has 0 amide bonds. The molecule has 0 aromatic heterocycles. The van der Waals surface area contributed by atoms with Crippen LogP contribution in [0.4, 0.5) is 0 Å². The Morgan fingerprint density at radius 2 is 2.00 bits per heavy atom. The van der Waals surface area contributed by atoms with Crippen molar-refractivity contribution in [3.8, 4) is 0 Å². The largest absolute Gasteiger partial charge is 0.466 e. The van der Waals surface area contributed by atoms with Gasteiger partial charge in [0.15, 0.2) is 0 Å². The molecule has 0 aliphatic carbocycles. The molecule has 5 nitrogen and oxygen atoms in total. The molecule has 18 heavy (non-hydrogen) atoms. The zero-order valence-corrected chi connectivity index (χ0v) is 10.1. The number of ether oxygens (including phenoxy) is 1. The normalized spacial score (nSPS) is 14.4. The Morgan fingerprint density at radius 3 is 2.50 bits per heavy atom. The maximum Gasteiger partial charge on any atom is 0.330 e. The average Bonchev–Trinajstić information content (AvgIpc) is 2.43. The number of rotatable bonds is 5. The number of nitrogens with two attached hydrogens (primary N) is 1. The van der Waals surface area contributed by atoms with Crippen LogP contribution < -0.4 is 5.73 Å². The van der Waals surface area contributed by atoms with E-state index in [0.717, 1.165) is 5.56 Å². The molecule has 1 aromatic carbocycles. The van der Waals surface area contributed by atoms with Gasteiger partial charge in [0.1, 0.15) is 6.10 Å². The lowest BCUT2D eigenvalue weighted by Crippen LogP contribution is -2.27. The van der Waals surface area contributed by atoms with Crippen LogP contribution in [0.25, 0.3) is 6.08 Å². The minimum absolute atomic E-state index is 0.00877. The fourth-order valence-electron chi connectivity index (χ4n) is 1.39. The van der Waals surface area contributed by atoms with Gasteiger partial charge in [-0.2, -0.15) is 0 Å². The number of methoxy groups -OCH3 is 1. The van der Waals surface area contributed by atoms with Gasteiger partial charge in [0, 0.05) is 12.6 Å². The molecule has 0 saturated heterocycles. The van der Waals surface area contributed by atoms with E-state index in [1.54, 1.807) is 30.3 Å². The summed E-state index contributed by atoms with van der Waals surface area (Å²) in [7, 11) is 1.31. The zero-order valence-electron chi connectivity index (χ0n) is 10.1. The number of carbonyl (C=O) groups excluding carboxylic acids is 1. The minimum atomic E-state index is -1.01. The molecule has 5 heteroatoms. The lowest BCUT2D eigenvalue weighted by atomic mass is 10.0. The molecule has 0 radical (unpaired) electrons. The fraction of sp³-hybridized carbons (Fsp3) is 0.308. The third-order valence-electron chi connectivity index (χ3n) is 2.50. The number of benzene rings is 1. The van der Waals surface area contributed by atoms with E-state index < -0.39 is 18.2 Å². The van der Waals surface area contributed by atoms with Crippen molar-refractivity contribution in [2.45, 2.75) is 12.2 Å². The van der Waals surface area contributed by atoms with Crippen LogP contribution in [-0.2, 0) is 9.53 Å². The molecule has 0 fully saturated rings. The van der Waals surface area contributed by atoms with Crippen LogP contribution in [0.1, 0.15) is 17.2 Å². The summed E-state index contributed by atoms with van der Waals surface area (Å²) < 4.78 is 4.47. The van der Waals surface area contributed by atoms with Crippen molar-refractivity contribution in [1.29, 1.82) is 0 Å². The molecule has 1 rings (SSSR count). The molecule has 0 spiro atoms. The van der Waals surface area contributed by atoms with Crippen molar-refractivity contribution in [1.82, 2.24) is 0 Å². The van der Waals surface area contributed by atoms with Gasteiger partial charge >= 0.3 is 5.97 Å². The van der Waals surface area contributed by atoms with Crippen LogP contribution in [0.5, 0.6) is 0 Å². The van der Waals surface area contributed by atoms with Crippen molar-refractivity contribution in [2.75, 3.05) is 13.7 Å². The lowest BCUT2D eigenvalue weighted by molar-refractivity contribution is -0.134. The Labute approximate surface area is 105 Å². The standard InChI is InChI=1S/C13H17NO4/c1-18-12(16)7-4-9-2-5-10(6-3-9)13(17)11(15)8-14/h2-7,11,13,15,17H,8,14H2,1H3/b7-4+. The van der Waals surface area contributed by atoms with Gasteiger partial charge < -0.3 is 20.7 Å². The van der Waals surface area contributed by atoms with Crippen LogP contribution in [0.15, 0.2) is 30.3 Å². The van der Waals surface area contributed by atoms with Crippen LogP contribution in [0.2, 0.25) is 0 Å². The van der Waals surface area contributed by atoms with Gasteiger partial charge in [-0.1, -0.05) is 24.3 Å². The first-order chi connectivity index (χ1) is 8.58. The third kappa shape index (κ3) is 3.96. The first-order valence-electron chi connectivity index (χ1n) is 5.50. The molecule has 0 aliphatic heterocycles. The minimum Gasteiger partial charge on any atom is -0.466 e. The predicted molar refractivity (Wildman–Crippen MR) is 67.5 cm³/mol. The summed E-state index contributed by atoms with van der Waals surface area (Å²) in [5.41, 5.74) is 6.63. The van der Waals surface area contributed by atoms with E-state index in [0.29, 0.717) is 5.56 Å². The van der Waals surface area contributed by atoms with Crippen molar-refractivity contribution in [3.05, 3.63) is 41.5 Å². The van der Waals surface area contributed by atoms with Crippen LogP contribution in [0, 0.1) is 0 Å². The summed E-state index contributed by atoms with van der Waals surface area (Å²) in [6.45, 7) is -0.00877. The van der Waals surface area contributed by atoms with Crippen LogP contribution in [0.3, 0.4) is 0 Å². The van der Waals surface area contributed by atoms with E-state index in [2.05, 4.69) is 4.74 Å². The Bertz CT molecular complexity index is 414. The molecule has 2 atom stereocenters. The molecule has 4 N–H and O–H groups in total. The highest BCUT2D eigenvalue weighted by Crippen LogP contribution is 2.17. The van der Waals surface area contributed by atoms with Crippen LogP contribution in [-0.4, -0.2) is 35.9 Å². The first kappa shape index (κ1) is 14.4. The highest BCUT2D eigenvalue weighted by atomic mass is 16.5. The maximum atomic E-state index is 10.9. The smallest absolute Gasteiger partial charge is 0.330 e. The monoisotopic (exact) mass is 251 g/mol. The average molecular weight is 251 g/mol. The molecule has 0 saturated carbocycles. The Balaban J connectivity index is 2.74. The van der Waals surface area contributed by atoms with E-state index >= 15 is 0 Å². The summed E-state index contributed by atoms with van der Waals surface area (Å²) in [4.78, 5) is 10.9. The van der Waals surface area contributed by atoms with Gasteiger partial charge in [0.05, 0.1) is 13.2 Å². The number of carbonyl (C=O) groups is 1. The summed E-state index contributed by atoms with van der Waals surface area (Å²) in [6, 6.07) is 6.78. The highest BCUT2D eigenvalue weighted by molar-refractivity contribution is 5.86. The van der Waals surface area contributed by atoms with Crippen molar-refractivity contribution < 1.29 is 19.7 Å². The second-order valence-electron chi connectivity index (χ2n) is 3.77. The molecule has 1 aromatic rings. The SMILES string of the molecule is COC(=O)/C=C/c1ccc(C(O)C(O)CN)cc1. The van der Waals surface area contributed by atoms with Gasteiger partial charge in [0.2, 0.25) is 0 Å². The summed E-state index contributed by atoms with van der Waals surface area (Å²) in [5.74, 6) is -0.433. The molecule has 0 heterocycles. The molecule has 98 valence electrons. The van der Waals surface area contributed by atoms with Crippen molar-refractivity contribution in [2.24, 2.45) is 5.73 Å². The molecule has 0 aliphatic rings. The Hall–Kier alpha value is -1.69. The summed E-state index contributed by atoms with van der Waals surface area (Å²) in [5, 5.41) is 19.1. The Kier molecular flexibility index (Phi) is 5.51. The zero-order chi connectivity index (χ0) is 13.5. The van der Waals surface area contributed by atoms with E-state index in [-0.39, 0.29) is 6.54 Å². The highest BCUT2D eigenvalue weighted by Gasteiger charge is 2.16. The second kappa shape index (κ2) is 6.90. The van der Waals surface area contributed by atoms with E-state index in [4.69, 9.17) is 5.73 Å². The maximum absolute atomic E-state index is 10.9. The molecular formula is C13H17NO4. The summed E-state index contributed by atoms with van der Waals surface area (Å²) >= 11 is 0. The fourth-order valence-corrected chi connectivity index (χ4v) is 1.39. The number of aliphatic hydroxyl groups excluding tert-OH is 2. The van der Waals surface area contributed by atoms with E-state index in [1.807, 2.05) is 0 Å². The number of esters is 1. The number of hydrogen-bond acceptors (Lipinski definition) is 5. The van der Waals surface area contributed by atoms with Gasteiger partial charge in [-0.15, -0.1) is 0 Å². The summed E-state index contributed by atoms with van der Waals surface area (Å²) in [6.07, 6.45) is 0.914. The molecule has 2 unspecified atom stereocenters. The molecular weight excluding hydrogens is 234 g/mol. The number of aliphatic hydroxyl groups is 2. The van der Waals surface area contributed by atoms with Gasteiger partial charge in [0.25, 0.3) is 0 Å². The van der Waals surface area contributed by atoms with Gasteiger partial charge in [-0.05, 0) is 17.2 Å². The Morgan fingerprint density at radius 1 is 1.39 bits per heavy atom. The van der Waals surface area contributed by atoms with E-state index in [1.165, 1.54) is 13.2 Å². The quantitative estimate of drug-likeness (QED) is 0.514. The van der Waals surface area contributed by atoms with E-state index in [9.17, 15) is 15.0 Å². The topological polar surface area (TPSA) is 92.8 Å². The van der Waals surface area contributed by atoms with Crippen LogP contribution >= 0.6 is 0 Å². The lowest BCUT2D eigenvalue weighted by Gasteiger charge is -2.16.